The Morgan fingerprint density at radius 1 is 0.708 bits per heavy atom. The van der Waals surface area contributed by atoms with Crippen molar-refractivity contribution in [3.8, 4) is 33.6 Å². The van der Waals surface area contributed by atoms with Gasteiger partial charge in [-0.3, -0.25) is 9.80 Å². The molecule has 3 N–H and O–H groups in total. The number of benzene rings is 3. The average Bonchev–Trinajstić information content (AvgIpc) is 3.65. The Morgan fingerprint density at radius 2 is 1.21 bits per heavy atom. The second-order valence-corrected chi connectivity index (χ2v) is 14.9. The monoisotopic (exact) mass is 642 g/mol. The van der Waals surface area contributed by atoms with Crippen molar-refractivity contribution in [2.45, 2.75) is 76.2 Å². The van der Waals surface area contributed by atoms with Crippen LogP contribution < -0.4 is 0 Å². The van der Waals surface area contributed by atoms with Crippen LogP contribution in [0.1, 0.15) is 70.2 Å². The second-order valence-electron chi connectivity index (χ2n) is 14.9. The Morgan fingerprint density at radius 3 is 1.81 bits per heavy atom. The van der Waals surface area contributed by atoms with Gasteiger partial charge in [0.05, 0.1) is 35.9 Å². The minimum Gasteiger partial charge on any atom is -0.465 e. The molecule has 2 aromatic heterocycles. The number of H-pyrrole nitrogens is 2. The van der Waals surface area contributed by atoms with Crippen LogP contribution in [0.4, 0.5) is 9.59 Å². The third kappa shape index (κ3) is 5.01. The molecule has 0 bridgehead atoms. The number of hydrogen-bond donors (Lipinski definition) is 3. The van der Waals surface area contributed by atoms with Gasteiger partial charge in [-0.05, 0) is 97.9 Å². The van der Waals surface area contributed by atoms with Crippen molar-refractivity contribution in [2.75, 3.05) is 0 Å². The van der Waals surface area contributed by atoms with Gasteiger partial charge in [-0.15, -0.1) is 0 Å². The van der Waals surface area contributed by atoms with Crippen molar-refractivity contribution >= 4 is 23.0 Å². The molecule has 2 amide bonds. The Hall–Kier alpha value is -5.12. The molecule has 10 heteroatoms. The van der Waals surface area contributed by atoms with E-state index in [0.29, 0.717) is 11.8 Å². The van der Waals surface area contributed by atoms with Gasteiger partial charge < -0.3 is 19.8 Å². The van der Waals surface area contributed by atoms with E-state index in [-0.39, 0.29) is 30.3 Å². The first-order valence-electron chi connectivity index (χ1n) is 16.9. The minimum atomic E-state index is -0.863. The fourth-order valence-electron chi connectivity index (χ4n) is 7.99. The number of imidazole rings is 2. The van der Waals surface area contributed by atoms with Crippen LogP contribution in [-0.4, -0.2) is 64.7 Å². The summed E-state index contributed by atoms with van der Waals surface area (Å²) in [5.41, 5.74) is 5.57. The molecule has 48 heavy (non-hydrogen) atoms. The molecule has 4 heterocycles. The molecule has 2 saturated carbocycles. The number of hydrogen-bond acceptors (Lipinski definition) is 5. The number of nitrogens with one attached hydrogen (secondary N) is 2. The minimum absolute atomic E-state index is 0.0952. The number of aromatic nitrogens is 4. The lowest BCUT2D eigenvalue weighted by Gasteiger charge is -2.29. The van der Waals surface area contributed by atoms with Crippen LogP contribution in [0.25, 0.3) is 44.4 Å². The molecular weight excluding hydrogens is 604 g/mol. The van der Waals surface area contributed by atoms with Gasteiger partial charge >= 0.3 is 12.2 Å². The molecule has 4 fully saturated rings. The van der Waals surface area contributed by atoms with E-state index in [1.165, 1.54) is 0 Å². The van der Waals surface area contributed by atoms with E-state index >= 15 is 0 Å². The number of amides is 2. The van der Waals surface area contributed by atoms with Crippen LogP contribution in [0.3, 0.4) is 0 Å². The number of aromatic amines is 2. The van der Waals surface area contributed by atoms with Gasteiger partial charge in [0.15, 0.2) is 0 Å². The number of carboxylic acid groups (broad SMARTS) is 1. The summed E-state index contributed by atoms with van der Waals surface area (Å²) < 4.78 is 5.73. The molecule has 4 aliphatic rings. The van der Waals surface area contributed by atoms with Crippen molar-refractivity contribution in [3.05, 3.63) is 84.7 Å². The summed E-state index contributed by atoms with van der Waals surface area (Å²) in [7, 11) is 0. The lowest BCUT2D eigenvalue weighted by molar-refractivity contribution is 0.0175. The molecule has 0 spiro atoms. The molecule has 3 aromatic carbocycles. The summed E-state index contributed by atoms with van der Waals surface area (Å²) in [5.74, 6) is 2.53. The van der Waals surface area contributed by atoms with Gasteiger partial charge in [0.25, 0.3) is 0 Å². The predicted molar refractivity (Wildman–Crippen MR) is 181 cm³/mol. The number of rotatable bonds is 5. The number of piperidine rings is 2. The zero-order valence-electron chi connectivity index (χ0n) is 27.2. The Balaban J connectivity index is 0.907. The third-order valence-corrected chi connectivity index (χ3v) is 10.5. The van der Waals surface area contributed by atoms with Crippen LogP contribution in [0.15, 0.2) is 73.1 Å². The van der Waals surface area contributed by atoms with Gasteiger partial charge in [0.1, 0.15) is 17.2 Å². The quantitative estimate of drug-likeness (QED) is 0.177. The lowest BCUT2D eigenvalue weighted by atomic mass is 9.98. The topological polar surface area (TPSA) is 127 Å². The van der Waals surface area contributed by atoms with Crippen LogP contribution in [0.5, 0.6) is 0 Å². The predicted octanol–water partition coefficient (Wildman–Crippen LogP) is 8.17. The van der Waals surface area contributed by atoms with E-state index in [1.807, 2.05) is 31.9 Å². The molecule has 0 radical (unpaired) electrons. The first kappa shape index (κ1) is 29.1. The van der Waals surface area contributed by atoms with Gasteiger partial charge in [-0.25, -0.2) is 19.6 Å². The van der Waals surface area contributed by atoms with Crippen LogP contribution in [0.2, 0.25) is 0 Å². The van der Waals surface area contributed by atoms with E-state index in [9.17, 15) is 14.7 Å². The third-order valence-electron chi connectivity index (χ3n) is 10.5. The number of carbonyl (C=O) groups excluding carboxylic acids is 1. The SMILES string of the molecule is CC(C)(C)OC(=O)N1[C@@H]2CC2C[C@H]1c1ncc(-c2ccc3cc(-c4ccc(-c5cnc(C6CC7CC7N6C(=O)O)[nH]5)cc4)ccc3c2)[nH]1. The van der Waals surface area contributed by atoms with Crippen LogP contribution >= 0.6 is 0 Å². The zero-order valence-corrected chi connectivity index (χ0v) is 27.2. The maximum absolute atomic E-state index is 13.0. The van der Waals surface area contributed by atoms with Gasteiger partial charge in [0.2, 0.25) is 0 Å². The van der Waals surface area contributed by atoms with Gasteiger partial charge in [-0.1, -0.05) is 48.5 Å². The molecule has 10 nitrogen and oxygen atoms in total. The first-order chi connectivity index (χ1) is 23.1. The zero-order chi connectivity index (χ0) is 32.9. The number of carbonyl (C=O) groups is 2. The smallest absolute Gasteiger partial charge is 0.411 e. The van der Waals surface area contributed by atoms with Gasteiger partial charge in [0, 0.05) is 17.6 Å². The molecule has 6 atom stereocenters. The fourth-order valence-corrected chi connectivity index (χ4v) is 7.99. The van der Waals surface area contributed by atoms with Crippen LogP contribution in [-0.2, 0) is 4.74 Å². The average molecular weight is 643 g/mol. The van der Waals surface area contributed by atoms with Gasteiger partial charge in [-0.2, -0.15) is 0 Å². The standard InChI is InChI=1S/C38H38N6O4/c1-38(2,3)48-37(47)44-31-15-27(31)17-33(44)35-40-19-29(42-35)25-11-10-23-12-22(8-9-24(23)13-25)20-4-6-21(7-5-20)28-18-39-34(41-28)32-16-26-14-30(26)43(32)36(45)46/h4-13,18-19,26-27,30-33H,14-17H2,1-3H3,(H,39,41)(H,40,42)(H,45,46)/t26?,27?,30?,31-,32?,33+/m1/s1. The van der Waals surface area contributed by atoms with Crippen molar-refractivity contribution < 1.29 is 19.4 Å². The summed E-state index contributed by atoms with van der Waals surface area (Å²) in [6, 6.07) is 21.4. The fraction of sp³-hybridized carbons (Fsp3) is 0.368. The van der Waals surface area contributed by atoms with Crippen molar-refractivity contribution in [2.24, 2.45) is 11.8 Å². The molecule has 244 valence electrons. The highest BCUT2D eigenvalue weighted by Gasteiger charge is 2.57. The Labute approximate surface area is 278 Å². The highest BCUT2D eigenvalue weighted by molar-refractivity contribution is 5.90. The first-order valence-corrected chi connectivity index (χ1v) is 16.9. The summed E-state index contributed by atoms with van der Waals surface area (Å²) in [4.78, 5) is 44.5. The number of nitrogens with zero attached hydrogens (tertiary/aromatic N) is 4. The highest BCUT2D eigenvalue weighted by atomic mass is 16.6. The molecule has 2 aliphatic heterocycles. The molecular formula is C38H38N6O4. The van der Waals surface area contributed by atoms with E-state index in [1.54, 1.807) is 11.1 Å². The largest absolute Gasteiger partial charge is 0.465 e. The van der Waals surface area contributed by atoms with E-state index in [2.05, 4.69) is 75.6 Å². The van der Waals surface area contributed by atoms with Crippen molar-refractivity contribution in [1.82, 2.24) is 29.7 Å². The normalized spacial score (nSPS) is 25.6. The second kappa shape index (κ2) is 10.4. The number of fused-ring (bicyclic) bond motifs is 3. The molecule has 2 aliphatic carbocycles. The maximum Gasteiger partial charge on any atom is 0.411 e. The molecule has 9 rings (SSSR count). The van der Waals surface area contributed by atoms with Crippen LogP contribution in [0, 0.1) is 11.8 Å². The van der Waals surface area contributed by atoms with E-state index in [0.717, 1.165) is 81.7 Å². The highest BCUT2D eigenvalue weighted by Crippen LogP contribution is 2.54. The summed E-state index contributed by atoms with van der Waals surface area (Å²) in [6.07, 6.45) is 6.31. The number of likely N-dealkylation sites (tertiary alicyclic amines) is 2. The Bertz CT molecular complexity index is 2080. The van der Waals surface area contributed by atoms with Crippen molar-refractivity contribution in [3.63, 3.8) is 0 Å². The van der Waals surface area contributed by atoms with E-state index < -0.39 is 11.7 Å². The lowest BCUT2D eigenvalue weighted by Crippen LogP contribution is -2.38. The molecule has 5 aromatic rings. The summed E-state index contributed by atoms with van der Waals surface area (Å²) in [5, 5.41) is 12.0. The Kier molecular flexibility index (Phi) is 6.32. The van der Waals surface area contributed by atoms with Crippen molar-refractivity contribution in [1.29, 1.82) is 0 Å². The molecule has 2 saturated heterocycles. The number of ether oxygens (including phenoxy) is 1. The maximum atomic E-state index is 13.0. The van der Waals surface area contributed by atoms with E-state index in [4.69, 9.17) is 9.72 Å². The summed E-state index contributed by atoms with van der Waals surface area (Å²) in [6.45, 7) is 5.71. The summed E-state index contributed by atoms with van der Waals surface area (Å²) >= 11 is 0. The molecule has 4 unspecified atom stereocenters.